The SMILES string of the molecule is O=C(CCNC(=O)c1ccc(F)cc1Cl)Nc1nc(-c2ccccn2)cs1. The highest BCUT2D eigenvalue weighted by Gasteiger charge is 2.12. The maximum Gasteiger partial charge on any atom is 0.252 e. The lowest BCUT2D eigenvalue weighted by Crippen LogP contribution is -2.27. The van der Waals surface area contributed by atoms with Gasteiger partial charge in [0.05, 0.1) is 16.3 Å². The molecule has 0 saturated carbocycles. The zero-order chi connectivity index (χ0) is 19.2. The second kappa shape index (κ2) is 8.70. The van der Waals surface area contributed by atoms with Crippen molar-refractivity contribution in [2.24, 2.45) is 0 Å². The summed E-state index contributed by atoms with van der Waals surface area (Å²) in [5.41, 5.74) is 1.55. The summed E-state index contributed by atoms with van der Waals surface area (Å²) in [6.07, 6.45) is 1.73. The van der Waals surface area contributed by atoms with E-state index in [9.17, 15) is 14.0 Å². The molecule has 0 bridgehead atoms. The van der Waals surface area contributed by atoms with Gasteiger partial charge in [-0.3, -0.25) is 14.6 Å². The second-order valence-corrected chi connectivity index (χ2v) is 6.70. The molecular formula is C18H14ClFN4O2S. The second-order valence-electron chi connectivity index (χ2n) is 5.43. The van der Waals surface area contributed by atoms with Crippen LogP contribution in [-0.2, 0) is 4.79 Å². The summed E-state index contributed by atoms with van der Waals surface area (Å²) in [7, 11) is 0. The molecule has 27 heavy (non-hydrogen) atoms. The van der Waals surface area contributed by atoms with Gasteiger partial charge in [0.25, 0.3) is 5.91 Å². The normalized spacial score (nSPS) is 10.4. The first-order valence-corrected chi connectivity index (χ1v) is 9.19. The number of aromatic nitrogens is 2. The minimum atomic E-state index is -0.524. The molecule has 0 atom stereocenters. The van der Waals surface area contributed by atoms with Gasteiger partial charge >= 0.3 is 0 Å². The van der Waals surface area contributed by atoms with Crippen LogP contribution in [0.25, 0.3) is 11.4 Å². The fourth-order valence-corrected chi connectivity index (χ4v) is 3.18. The Bertz CT molecular complexity index is 965. The molecule has 6 nitrogen and oxygen atoms in total. The van der Waals surface area contributed by atoms with Crippen LogP contribution in [-0.4, -0.2) is 28.3 Å². The third kappa shape index (κ3) is 5.08. The number of amides is 2. The first kappa shape index (κ1) is 18.9. The van der Waals surface area contributed by atoms with Gasteiger partial charge in [-0.2, -0.15) is 0 Å². The van der Waals surface area contributed by atoms with Crippen LogP contribution in [0, 0.1) is 5.82 Å². The number of pyridine rings is 1. The molecule has 0 fully saturated rings. The lowest BCUT2D eigenvalue weighted by molar-refractivity contribution is -0.116. The smallest absolute Gasteiger partial charge is 0.252 e. The van der Waals surface area contributed by atoms with Crippen LogP contribution in [0.15, 0.2) is 48.0 Å². The number of hydrogen-bond acceptors (Lipinski definition) is 5. The number of nitrogens with one attached hydrogen (secondary N) is 2. The van der Waals surface area contributed by atoms with Gasteiger partial charge in [0, 0.05) is 24.5 Å². The molecule has 1 aromatic carbocycles. The van der Waals surface area contributed by atoms with Crippen molar-refractivity contribution in [1.29, 1.82) is 0 Å². The van der Waals surface area contributed by atoms with Crippen LogP contribution in [0.2, 0.25) is 5.02 Å². The Morgan fingerprint density at radius 3 is 2.78 bits per heavy atom. The predicted octanol–water partition coefficient (Wildman–Crippen LogP) is 3.76. The highest BCUT2D eigenvalue weighted by atomic mass is 35.5. The van der Waals surface area contributed by atoms with E-state index >= 15 is 0 Å². The zero-order valence-electron chi connectivity index (χ0n) is 13.9. The van der Waals surface area contributed by atoms with Crippen LogP contribution >= 0.6 is 22.9 Å². The van der Waals surface area contributed by atoms with Crippen LogP contribution in [0.3, 0.4) is 0 Å². The Morgan fingerprint density at radius 2 is 2.04 bits per heavy atom. The quantitative estimate of drug-likeness (QED) is 0.655. The fraction of sp³-hybridized carbons (Fsp3) is 0.111. The number of halogens is 2. The number of rotatable bonds is 6. The van der Waals surface area contributed by atoms with Crippen LogP contribution in [0.4, 0.5) is 9.52 Å². The van der Waals surface area contributed by atoms with Gasteiger partial charge in [-0.15, -0.1) is 11.3 Å². The van der Waals surface area contributed by atoms with Gasteiger partial charge in [-0.25, -0.2) is 9.37 Å². The highest BCUT2D eigenvalue weighted by Crippen LogP contribution is 2.23. The molecule has 3 rings (SSSR count). The summed E-state index contributed by atoms with van der Waals surface area (Å²) in [6, 6.07) is 9.00. The average molecular weight is 405 g/mol. The number of benzene rings is 1. The maximum absolute atomic E-state index is 13.0. The maximum atomic E-state index is 13.0. The van der Waals surface area contributed by atoms with Gasteiger partial charge < -0.3 is 10.6 Å². The molecule has 0 aliphatic rings. The minimum absolute atomic E-state index is 0.0155. The van der Waals surface area contributed by atoms with Crippen molar-refractivity contribution in [3.63, 3.8) is 0 Å². The van der Waals surface area contributed by atoms with Gasteiger partial charge in [-0.05, 0) is 30.3 Å². The monoisotopic (exact) mass is 404 g/mol. The van der Waals surface area contributed by atoms with E-state index in [1.165, 1.54) is 17.4 Å². The third-order valence-corrected chi connectivity index (χ3v) is 4.56. The van der Waals surface area contributed by atoms with E-state index in [4.69, 9.17) is 11.6 Å². The lowest BCUT2D eigenvalue weighted by atomic mass is 10.2. The molecule has 2 heterocycles. The first-order chi connectivity index (χ1) is 13.0. The molecule has 0 aliphatic carbocycles. The van der Waals surface area contributed by atoms with Crippen LogP contribution < -0.4 is 10.6 Å². The molecule has 138 valence electrons. The van der Waals surface area contributed by atoms with Crippen molar-refractivity contribution in [1.82, 2.24) is 15.3 Å². The number of hydrogen-bond donors (Lipinski definition) is 2. The molecule has 3 aromatic rings. The predicted molar refractivity (Wildman–Crippen MR) is 102 cm³/mol. The van der Waals surface area contributed by atoms with E-state index in [1.54, 1.807) is 11.6 Å². The summed E-state index contributed by atoms with van der Waals surface area (Å²) in [5, 5.41) is 7.52. The van der Waals surface area contributed by atoms with Crippen molar-refractivity contribution >= 4 is 39.9 Å². The highest BCUT2D eigenvalue weighted by molar-refractivity contribution is 7.14. The summed E-state index contributed by atoms with van der Waals surface area (Å²) in [4.78, 5) is 32.5. The Kier molecular flexibility index (Phi) is 6.10. The largest absolute Gasteiger partial charge is 0.351 e. The number of nitrogens with zero attached hydrogens (tertiary/aromatic N) is 2. The fourth-order valence-electron chi connectivity index (χ4n) is 2.20. The number of anilines is 1. The summed E-state index contributed by atoms with van der Waals surface area (Å²) in [5.74, 6) is -1.29. The first-order valence-electron chi connectivity index (χ1n) is 7.93. The van der Waals surface area contributed by atoms with Crippen molar-refractivity contribution in [2.75, 3.05) is 11.9 Å². The average Bonchev–Trinajstić information content (AvgIpc) is 3.10. The summed E-state index contributed by atoms with van der Waals surface area (Å²) in [6.45, 7) is 0.108. The van der Waals surface area contributed by atoms with E-state index in [2.05, 4.69) is 20.6 Å². The summed E-state index contributed by atoms with van der Waals surface area (Å²) >= 11 is 7.12. The molecular weight excluding hydrogens is 391 g/mol. The summed E-state index contributed by atoms with van der Waals surface area (Å²) < 4.78 is 13.0. The Morgan fingerprint density at radius 1 is 1.19 bits per heavy atom. The minimum Gasteiger partial charge on any atom is -0.351 e. The molecule has 9 heteroatoms. The Hall–Kier alpha value is -2.84. The Balaban J connectivity index is 1.49. The molecule has 0 unspecified atom stereocenters. The van der Waals surface area contributed by atoms with Crippen molar-refractivity contribution in [2.45, 2.75) is 6.42 Å². The van der Waals surface area contributed by atoms with Gasteiger partial charge in [0.15, 0.2) is 5.13 Å². The van der Waals surface area contributed by atoms with Gasteiger partial charge in [0.2, 0.25) is 5.91 Å². The number of thiazole rings is 1. The molecule has 2 amide bonds. The van der Waals surface area contributed by atoms with Crippen molar-refractivity contribution in [3.8, 4) is 11.4 Å². The molecule has 2 aromatic heterocycles. The van der Waals surface area contributed by atoms with E-state index < -0.39 is 11.7 Å². The van der Waals surface area contributed by atoms with Crippen molar-refractivity contribution < 1.29 is 14.0 Å². The molecule has 0 radical (unpaired) electrons. The molecule has 0 aliphatic heterocycles. The van der Waals surface area contributed by atoms with E-state index in [1.807, 2.05) is 18.2 Å². The standard InChI is InChI=1S/C18H14ClFN4O2S/c19-13-9-11(20)4-5-12(13)17(26)22-8-6-16(25)24-18-23-15(10-27-18)14-3-1-2-7-21-14/h1-5,7,9-10H,6,8H2,(H,22,26)(H,23,24,25). The Labute approximate surface area is 163 Å². The molecule has 0 spiro atoms. The van der Waals surface area contributed by atoms with E-state index in [-0.39, 0.29) is 29.5 Å². The molecule has 2 N–H and O–H groups in total. The third-order valence-electron chi connectivity index (χ3n) is 3.49. The topological polar surface area (TPSA) is 84.0 Å². The van der Waals surface area contributed by atoms with Crippen molar-refractivity contribution in [3.05, 3.63) is 64.4 Å². The zero-order valence-corrected chi connectivity index (χ0v) is 15.5. The van der Waals surface area contributed by atoms with Gasteiger partial charge in [0.1, 0.15) is 11.5 Å². The number of carbonyl (C=O) groups is 2. The number of carbonyl (C=O) groups excluding carboxylic acids is 2. The van der Waals surface area contributed by atoms with E-state index in [0.717, 1.165) is 17.8 Å². The lowest BCUT2D eigenvalue weighted by Gasteiger charge is -2.06. The molecule has 0 saturated heterocycles. The van der Waals surface area contributed by atoms with Crippen LogP contribution in [0.5, 0.6) is 0 Å². The van der Waals surface area contributed by atoms with Crippen LogP contribution in [0.1, 0.15) is 16.8 Å². The van der Waals surface area contributed by atoms with E-state index in [0.29, 0.717) is 10.8 Å². The van der Waals surface area contributed by atoms with Gasteiger partial charge in [-0.1, -0.05) is 17.7 Å².